The summed E-state index contributed by atoms with van der Waals surface area (Å²) in [6, 6.07) is 0. The van der Waals surface area contributed by atoms with Crippen molar-refractivity contribution in [2.24, 2.45) is 0 Å². The van der Waals surface area contributed by atoms with E-state index in [-0.39, 0.29) is 19.2 Å². The van der Waals surface area contributed by atoms with Crippen LogP contribution in [-0.2, 0) is 23.7 Å². The average Bonchev–Trinajstić information content (AvgIpc) is 3.25. The third-order valence-corrected chi connectivity index (χ3v) is 10.9. The molecule has 6 atom stereocenters. The van der Waals surface area contributed by atoms with Crippen LogP contribution in [0, 0.1) is 0 Å². The van der Waals surface area contributed by atoms with Gasteiger partial charge in [-0.25, -0.2) is 0 Å². The molecule has 1 aliphatic heterocycles. The third kappa shape index (κ3) is 32.6. The topological polar surface area (TPSA) is 135 Å². The van der Waals surface area contributed by atoms with Crippen LogP contribution >= 0.6 is 0 Å². The molecule has 0 spiro atoms. The SMILES string of the molecule is CC/C=C\C/C=C\C/C=C\C/C=C\C/C=C\CCCCCCCCCC(=O)OC(COCCCCCCCCCCCCCCCC)COC1OC(CO)C(O)C(O)C1O. The van der Waals surface area contributed by atoms with Gasteiger partial charge in [-0.3, -0.25) is 4.79 Å². The summed E-state index contributed by atoms with van der Waals surface area (Å²) >= 11 is 0. The summed E-state index contributed by atoms with van der Waals surface area (Å²) in [6.45, 7) is 4.44. The van der Waals surface area contributed by atoms with Gasteiger partial charge in [0.25, 0.3) is 0 Å². The number of allylic oxidation sites excluding steroid dienone is 10. The van der Waals surface area contributed by atoms with Gasteiger partial charge < -0.3 is 39.4 Å². The molecule has 0 saturated carbocycles. The number of unbranched alkanes of at least 4 members (excludes halogenated alkanes) is 20. The normalized spacial score (nSPS) is 20.5. The highest BCUT2D eigenvalue weighted by Gasteiger charge is 2.44. The zero-order valence-corrected chi connectivity index (χ0v) is 38.2. The maximum Gasteiger partial charge on any atom is 0.306 e. The maximum atomic E-state index is 12.8. The number of carbonyl (C=O) groups is 1. The molecule has 1 heterocycles. The monoisotopic (exact) mass is 847 g/mol. The first-order chi connectivity index (χ1) is 29.4. The Kier molecular flexibility index (Phi) is 39.3. The number of hydrogen-bond acceptors (Lipinski definition) is 9. The van der Waals surface area contributed by atoms with E-state index in [1.54, 1.807) is 0 Å². The number of carbonyl (C=O) groups excluding carboxylic acids is 1. The van der Waals surface area contributed by atoms with Gasteiger partial charge in [0.15, 0.2) is 6.29 Å². The molecular formula is C51H90O9. The summed E-state index contributed by atoms with van der Waals surface area (Å²) in [5.74, 6) is -0.324. The van der Waals surface area contributed by atoms with Crippen LogP contribution in [0.4, 0.5) is 0 Å². The minimum atomic E-state index is -1.54. The van der Waals surface area contributed by atoms with Gasteiger partial charge in [0.1, 0.15) is 30.5 Å². The summed E-state index contributed by atoms with van der Waals surface area (Å²) < 4.78 is 22.8. The zero-order valence-electron chi connectivity index (χ0n) is 38.2. The standard InChI is InChI=1S/C51H90O9/c1-3-5-7-9-11-13-15-17-19-20-21-22-23-24-25-26-27-28-30-32-34-36-38-40-47(53)59-45(44-58-51-50(56)49(55)48(54)46(42-52)60-51)43-57-41-39-37-35-33-31-29-18-16-14-12-10-8-6-4-2/h5,7,11,13,17,19,21-22,24-25,45-46,48-52,54-56H,3-4,6,8-10,12,14-16,18,20,23,26-44H2,1-2H3/b7-5-,13-11-,19-17-,22-21-,25-24-. The van der Waals surface area contributed by atoms with Crippen molar-refractivity contribution in [3.63, 3.8) is 0 Å². The van der Waals surface area contributed by atoms with E-state index in [2.05, 4.69) is 74.6 Å². The number of rotatable bonds is 41. The van der Waals surface area contributed by atoms with Crippen LogP contribution in [0.2, 0.25) is 0 Å². The molecule has 0 bridgehead atoms. The fraction of sp³-hybridized carbons (Fsp3) is 0.784. The summed E-state index contributed by atoms with van der Waals surface area (Å²) in [5.41, 5.74) is 0. The molecular weight excluding hydrogens is 757 g/mol. The number of esters is 1. The Hall–Kier alpha value is -2.11. The van der Waals surface area contributed by atoms with E-state index < -0.39 is 43.4 Å². The van der Waals surface area contributed by atoms with Crippen LogP contribution in [0.25, 0.3) is 0 Å². The van der Waals surface area contributed by atoms with Crippen molar-refractivity contribution >= 4 is 5.97 Å². The molecule has 1 rings (SSSR count). The smallest absolute Gasteiger partial charge is 0.306 e. The van der Waals surface area contributed by atoms with Crippen molar-refractivity contribution in [2.75, 3.05) is 26.4 Å². The van der Waals surface area contributed by atoms with Crippen molar-refractivity contribution in [1.29, 1.82) is 0 Å². The zero-order chi connectivity index (χ0) is 43.6. The summed E-state index contributed by atoms with van der Waals surface area (Å²) in [7, 11) is 0. The van der Waals surface area contributed by atoms with E-state index in [0.717, 1.165) is 77.0 Å². The highest BCUT2D eigenvalue weighted by molar-refractivity contribution is 5.69. The second kappa shape index (κ2) is 42.2. The van der Waals surface area contributed by atoms with Crippen molar-refractivity contribution < 1.29 is 44.2 Å². The number of ether oxygens (including phenoxy) is 4. The Morgan fingerprint density at radius 1 is 0.550 bits per heavy atom. The second-order valence-electron chi connectivity index (χ2n) is 16.5. The van der Waals surface area contributed by atoms with Gasteiger partial charge in [-0.1, -0.05) is 190 Å². The molecule has 0 aromatic carbocycles. The van der Waals surface area contributed by atoms with E-state index in [0.29, 0.717) is 13.0 Å². The van der Waals surface area contributed by atoms with Gasteiger partial charge in [0.2, 0.25) is 0 Å². The molecule has 9 nitrogen and oxygen atoms in total. The van der Waals surface area contributed by atoms with Gasteiger partial charge in [-0.05, 0) is 57.8 Å². The first-order valence-electron chi connectivity index (χ1n) is 24.4. The predicted molar refractivity (Wildman–Crippen MR) is 247 cm³/mol. The van der Waals surface area contributed by atoms with Crippen LogP contribution < -0.4 is 0 Å². The molecule has 0 aromatic rings. The number of aliphatic hydroxyl groups excluding tert-OH is 4. The second-order valence-corrected chi connectivity index (χ2v) is 16.5. The summed E-state index contributed by atoms with van der Waals surface area (Å²) in [5, 5.41) is 40.2. The molecule has 1 saturated heterocycles. The average molecular weight is 847 g/mol. The summed E-state index contributed by atoms with van der Waals surface area (Å²) in [6.07, 6.45) is 46.7. The van der Waals surface area contributed by atoms with Gasteiger partial charge in [0, 0.05) is 13.0 Å². The lowest BCUT2D eigenvalue weighted by Gasteiger charge is -2.39. The Labute approximate surface area is 366 Å². The van der Waals surface area contributed by atoms with Crippen LogP contribution in [0.5, 0.6) is 0 Å². The molecule has 60 heavy (non-hydrogen) atoms. The molecule has 0 radical (unpaired) electrons. The molecule has 348 valence electrons. The van der Waals surface area contributed by atoms with E-state index in [9.17, 15) is 25.2 Å². The Bertz CT molecular complexity index is 1100. The summed E-state index contributed by atoms with van der Waals surface area (Å²) in [4.78, 5) is 12.8. The lowest BCUT2D eigenvalue weighted by Crippen LogP contribution is -2.59. The Morgan fingerprint density at radius 3 is 1.53 bits per heavy atom. The molecule has 1 aliphatic rings. The van der Waals surface area contributed by atoms with E-state index in [1.165, 1.54) is 96.3 Å². The van der Waals surface area contributed by atoms with Crippen molar-refractivity contribution in [2.45, 2.75) is 230 Å². The Balaban J connectivity index is 2.23. The first kappa shape index (κ1) is 55.9. The Morgan fingerprint density at radius 2 is 1.02 bits per heavy atom. The van der Waals surface area contributed by atoms with E-state index in [4.69, 9.17) is 18.9 Å². The highest BCUT2D eigenvalue weighted by Crippen LogP contribution is 2.23. The molecule has 9 heteroatoms. The van der Waals surface area contributed by atoms with Crippen LogP contribution in [0.3, 0.4) is 0 Å². The van der Waals surface area contributed by atoms with Gasteiger partial charge in [-0.15, -0.1) is 0 Å². The quantitative estimate of drug-likeness (QED) is 0.0269. The van der Waals surface area contributed by atoms with Crippen LogP contribution in [-0.4, -0.2) is 89.6 Å². The maximum absolute atomic E-state index is 12.8. The molecule has 0 aromatic heterocycles. The van der Waals surface area contributed by atoms with E-state index in [1.807, 2.05) is 0 Å². The predicted octanol–water partition coefficient (Wildman–Crippen LogP) is 11.5. The van der Waals surface area contributed by atoms with Crippen LogP contribution in [0.1, 0.15) is 194 Å². The first-order valence-corrected chi connectivity index (χ1v) is 24.4. The van der Waals surface area contributed by atoms with Gasteiger partial charge >= 0.3 is 5.97 Å². The van der Waals surface area contributed by atoms with E-state index >= 15 is 0 Å². The largest absolute Gasteiger partial charge is 0.457 e. The molecule has 0 aliphatic carbocycles. The lowest BCUT2D eigenvalue weighted by atomic mass is 9.99. The molecule has 0 amide bonds. The van der Waals surface area contributed by atoms with Crippen molar-refractivity contribution in [3.05, 3.63) is 60.8 Å². The minimum Gasteiger partial charge on any atom is -0.457 e. The number of hydrogen-bond donors (Lipinski definition) is 4. The van der Waals surface area contributed by atoms with Gasteiger partial charge in [-0.2, -0.15) is 0 Å². The third-order valence-electron chi connectivity index (χ3n) is 10.9. The van der Waals surface area contributed by atoms with Gasteiger partial charge in [0.05, 0.1) is 19.8 Å². The fourth-order valence-corrected chi connectivity index (χ4v) is 7.17. The molecule has 4 N–H and O–H groups in total. The lowest BCUT2D eigenvalue weighted by molar-refractivity contribution is -0.305. The highest BCUT2D eigenvalue weighted by atomic mass is 16.7. The minimum absolute atomic E-state index is 0.118. The van der Waals surface area contributed by atoms with Crippen molar-refractivity contribution in [1.82, 2.24) is 0 Å². The molecule has 6 unspecified atom stereocenters. The fourth-order valence-electron chi connectivity index (χ4n) is 7.17. The van der Waals surface area contributed by atoms with Crippen molar-refractivity contribution in [3.8, 4) is 0 Å². The molecule has 1 fully saturated rings. The van der Waals surface area contributed by atoms with Crippen LogP contribution in [0.15, 0.2) is 60.8 Å². The number of aliphatic hydroxyl groups is 4.